The zero-order valence-corrected chi connectivity index (χ0v) is 55.2. The third-order valence-corrected chi connectivity index (χ3v) is 19.7. The van der Waals surface area contributed by atoms with Gasteiger partial charge in [0.05, 0.1) is 29.4 Å². The molecular formula is C79H79N7OS3. The second-order valence-corrected chi connectivity index (χ2v) is 27.2. The van der Waals surface area contributed by atoms with E-state index in [0.717, 1.165) is 116 Å². The first-order valence-electron chi connectivity index (χ1n) is 31.6. The van der Waals surface area contributed by atoms with E-state index in [0.29, 0.717) is 6.61 Å². The van der Waals surface area contributed by atoms with E-state index in [-0.39, 0.29) is 0 Å². The summed E-state index contributed by atoms with van der Waals surface area (Å²) in [5, 5.41) is 0. The number of aromatic nitrogens is 4. The van der Waals surface area contributed by atoms with E-state index in [1.165, 1.54) is 83.1 Å². The van der Waals surface area contributed by atoms with Crippen molar-refractivity contribution in [2.24, 2.45) is 0 Å². The Labute approximate surface area is 544 Å². The summed E-state index contributed by atoms with van der Waals surface area (Å²) >= 11 is 5.29. The Balaban J connectivity index is 0.994. The van der Waals surface area contributed by atoms with Crippen LogP contribution in [0.1, 0.15) is 87.5 Å². The van der Waals surface area contributed by atoms with Crippen molar-refractivity contribution in [3.05, 3.63) is 217 Å². The Morgan fingerprint density at radius 1 is 0.311 bits per heavy atom. The van der Waals surface area contributed by atoms with Gasteiger partial charge in [0.15, 0.2) is 0 Å². The predicted octanol–water partition coefficient (Wildman–Crippen LogP) is 21.9. The average molecular weight is 1240 g/mol. The smallest absolute Gasteiger partial charge is 0.119 e. The lowest BCUT2D eigenvalue weighted by molar-refractivity contribution is 0.304. The molecule has 0 saturated heterocycles. The minimum absolute atomic E-state index is 0.708. The van der Waals surface area contributed by atoms with E-state index in [2.05, 4.69) is 292 Å². The Kier molecular flexibility index (Phi) is 19.8. The van der Waals surface area contributed by atoms with Crippen molar-refractivity contribution >= 4 is 98.7 Å². The molecule has 2 aliphatic heterocycles. The first kappa shape index (κ1) is 61.6. The number of anilines is 3. The minimum Gasteiger partial charge on any atom is -0.494 e. The first-order valence-corrected chi connectivity index (χ1v) is 34.0. The van der Waals surface area contributed by atoms with Crippen molar-refractivity contribution in [2.45, 2.75) is 94.1 Å². The van der Waals surface area contributed by atoms with E-state index < -0.39 is 0 Å². The van der Waals surface area contributed by atoms with Gasteiger partial charge in [0.2, 0.25) is 0 Å². The van der Waals surface area contributed by atoms with Crippen LogP contribution in [0.25, 0.3) is 90.9 Å². The summed E-state index contributed by atoms with van der Waals surface area (Å²) in [6.45, 7) is 2.99. The first-order chi connectivity index (χ1) is 44.0. The third kappa shape index (κ3) is 14.8. The molecule has 2 aliphatic rings. The van der Waals surface area contributed by atoms with Gasteiger partial charge < -0.3 is 29.4 Å². The van der Waals surface area contributed by atoms with Crippen LogP contribution in [0.2, 0.25) is 0 Å². The number of rotatable bonds is 24. The molecule has 12 rings (SSSR count). The lowest BCUT2D eigenvalue weighted by Gasteiger charge is -2.12. The highest BCUT2D eigenvalue weighted by atomic mass is 32.2. The Hall–Kier alpha value is -8.61. The van der Waals surface area contributed by atoms with Gasteiger partial charge in [-0.25, -0.2) is 9.97 Å². The number of nitrogens with zero attached hydrogens (tertiary/aromatic N) is 5. The molecule has 10 aromatic rings. The lowest BCUT2D eigenvalue weighted by Crippen LogP contribution is -2.07. The molecule has 454 valence electrons. The van der Waals surface area contributed by atoms with Crippen LogP contribution >= 0.6 is 35.3 Å². The number of H-pyrrole nitrogens is 2. The number of hydrogen-bond donors (Lipinski definition) is 2. The molecule has 0 spiro atoms. The normalized spacial score (nSPS) is 11.8. The van der Waals surface area contributed by atoms with Crippen LogP contribution in [0.3, 0.4) is 0 Å². The molecule has 2 N–H and O–H groups in total. The van der Waals surface area contributed by atoms with E-state index in [1.54, 1.807) is 35.3 Å². The fourth-order valence-corrected chi connectivity index (χ4v) is 14.1. The molecule has 0 radical (unpaired) electrons. The molecule has 0 aliphatic carbocycles. The van der Waals surface area contributed by atoms with Gasteiger partial charge in [-0.2, -0.15) is 0 Å². The van der Waals surface area contributed by atoms with E-state index in [9.17, 15) is 0 Å². The van der Waals surface area contributed by atoms with Gasteiger partial charge in [0.1, 0.15) is 5.75 Å². The molecule has 0 fully saturated rings. The molecule has 7 aromatic carbocycles. The second kappa shape index (κ2) is 28.9. The van der Waals surface area contributed by atoms with E-state index in [4.69, 9.17) is 14.7 Å². The van der Waals surface area contributed by atoms with Gasteiger partial charge in [-0.1, -0.05) is 142 Å². The molecular weight excluding hydrogens is 1160 g/mol. The highest BCUT2D eigenvalue weighted by Gasteiger charge is 2.20. The molecule has 0 saturated carbocycles. The Morgan fingerprint density at radius 3 is 0.844 bits per heavy atom. The Morgan fingerprint density at radius 2 is 0.567 bits per heavy atom. The van der Waals surface area contributed by atoms with Crippen molar-refractivity contribution in [1.29, 1.82) is 0 Å². The maximum Gasteiger partial charge on any atom is 0.119 e. The molecule has 5 heterocycles. The predicted molar refractivity (Wildman–Crippen MR) is 388 cm³/mol. The summed E-state index contributed by atoms with van der Waals surface area (Å²) in [4.78, 5) is 32.7. The summed E-state index contributed by atoms with van der Waals surface area (Å²) in [5.74, 6) is 0.874. The van der Waals surface area contributed by atoms with Crippen LogP contribution in [0.15, 0.2) is 223 Å². The highest BCUT2D eigenvalue weighted by molar-refractivity contribution is 7.99. The van der Waals surface area contributed by atoms with Crippen molar-refractivity contribution < 1.29 is 4.74 Å². The number of unbranched alkanes of at least 4 members (excludes halogenated alkanes) is 8. The minimum atomic E-state index is 0.708. The van der Waals surface area contributed by atoms with Gasteiger partial charge in [-0.05, 0) is 199 Å². The zero-order chi connectivity index (χ0) is 61.9. The summed E-state index contributed by atoms with van der Waals surface area (Å²) in [5.41, 5.74) is 19.0. The number of aromatic amines is 2. The number of benzene rings is 7. The van der Waals surface area contributed by atoms with Gasteiger partial charge in [0.25, 0.3) is 0 Å². The standard InChI is InChI=1S/C79H79N7OS3/c1-8-9-10-11-12-13-14-15-16-53-87-61-31-17-54(18-32-61)76-68-45-47-70(80-68)77(55-19-33-62(34-20-55)88-65-39-25-58(26-40-65)84(2)3)72-49-51-74(82-72)79(57-23-37-64(38-24-57)90-67-43-29-60(30-44-67)86(6)7)75-52-50-73(83-75)78(71-48-46-69(76)81-71)56-21-35-63(36-22-56)89-66-41-27-59(28-42-66)85(4)5/h17-52,80,83H,8-16,53H2,1-7H3. The Bertz CT molecular complexity index is 4210. The molecule has 90 heavy (non-hydrogen) atoms. The molecule has 0 amide bonds. The van der Waals surface area contributed by atoms with Crippen LogP contribution in [-0.4, -0.2) is 68.8 Å². The van der Waals surface area contributed by atoms with Crippen LogP contribution in [0.4, 0.5) is 17.1 Å². The monoisotopic (exact) mass is 1240 g/mol. The van der Waals surface area contributed by atoms with Crippen LogP contribution in [-0.2, 0) is 0 Å². The summed E-state index contributed by atoms with van der Waals surface area (Å²) in [7, 11) is 12.4. The number of hydrogen-bond acceptors (Lipinski definition) is 9. The van der Waals surface area contributed by atoms with E-state index >= 15 is 0 Å². The van der Waals surface area contributed by atoms with Crippen molar-refractivity contribution in [3.8, 4) is 50.3 Å². The van der Waals surface area contributed by atoms with Crippen LogP contribution in [0, 0.1) is 0 Å². The van der Waals surface area contributed by atoms with Crippen molar-refractivity contribution in [3.63, 3.8) is 0 Å². The SMILES string of the molecule is CCCCCCCCCCCOc1ccc(-c2c3nc(c(-c4ccc(Sc5ccc(N(C)C)cc5)cc4)c4ccc([nH]4)c(-c4ccc(Sc5ccc(N(C)C)cc5)cc4)c4nc(c(-c5ccc(Sc6ccc(N(C)C)cc6)cc5)c5ccc2[nH]5)C=C4)C=C3)cc1. The largest absolute Gasteiger partial charge is 0.494 e. The quantitative estimate of drug-likeness (QED) is 0.0576. The topological polar surface area (TPSA) is 76.3 Å². The summed E-state index contributed by atoms with van der Waals surface area (Å²) in [6, 6.07) is 70.4. The summed E-state index contributed by atoms with van der Waals surface area (Å²) < 4.78 is 6.40. The maximum absolute atomic E-state index is 6.40. The molecule has 0 atom stereocenters. The number of ether oxygens (including phenoxy) is 1. The van der Waals surface area contributed by atoms with Gasteiger partial charge in [-0.15, -0.1) is 0 Å². The second-order valence-electron chi connectivity index (χ2n) is 23.7. The van der Waals surface area contributed by atoms with Gasteiger partial charge >= 0.3 is 0 Å². The molecule has 8 bridgehead atoms. The molecule has 8 nitrogen and oxygen atoms in total. The zero-order valence-electron chi connectivity index (χ0n) is 52.7. The lowest BCUT2D eigenvalue weighted by atomic mass is 10.0. The van der Waals surface area contributed by atoms with Crippen molar-refractivity contribution in [2.75, 3.05) is 63.6 Å². The van der Waals surface area contributed by atoms with Gasteiger partial charge in [0, 0.05) is 133 Å². The number of nitrogens with one attached hydrogen (secondary N) is 2. The summed E-state index contributed by atoms with van der Waals surface area (Å²) in [6.07, 6.45) is 20.2. The van der Waals surface area contributed by atoms with Gasteiger partial charge in [-0.3, -0.25) is 0 Å². The number of fused-ring (bicyclic) bond motifs is 8. The molecule has 11 heteroatoms. The molecule has 0 unspecified atom stereocenters. The van der Waals surface area contributed by atoms with Crippen LogP contribution < -0.4 is 19.4 Å². The van der Waals surface area contributed by atoms with Crippen LogP contribution in [0.5, 0.6) is 5.75 Å². The maximum atomic E-state index is 6.40. The third-order valence-electron chi connectivity index (χ3n) is 16.6. The van der Waals surface area contributed by atoms with E-state index in [1.807, 2.05) is 0 Å². The fraction of sp³-hybridized carbons (Fsp3) is 0.215. The van der Waals surface area contributed by atoms with Crippen molar-refractivity contribution in [1.82, 2.24) is 19.9 Å². The molecule has 3 aromatic heterocycles. The fourth-order valence-electron chi connectivity index (χ4n) is 11.7. The average Bonchev–Trinajstić information content (AvgIpc) is 2.50. The highest BCUT2D eigenvalue weighted by Crippen LogP contribution is 2.42.